The topological polar surface area (TPSA) is 22.4 Å². The van der Waals surface area contributed by atoms with Gasteiger partial charge in [-0.15, -0.1) is 0 Å². The molecule has 2 fully saturated rings. The van der Waals surface area contributed by atoms with Gasteiger partial charge in [0.15, 0.2) is 0 Å². The van der Waals surface area contributed by atoms with Crippen LogP contribution in [0.2, 0.25) is 0 Å². The Hall–Kier alpha value is -2.48. The third-order valence-corrected chi connectivity index (χ3v) is 8.85. The molecule has 0 radical (unpaired) electrons. The standard InChI is InChI=1S/C31H34O2/c1-2-5-9-20(8-4-1)22-12-14-28-24(16-22)26-18-27-25-17-23(21-10-6-3-7-11-21)13-15-29(25)33-31(27)19-30(26)32-28/h12-21,26,30H,1-11H2/t26-,30?/m0/s1. The van der Waals surface area contributed by atoms with Gasteiger partial charge in [-0.2, -0.15) is 0 Å². The van der Waals surface area contributed by atoms with Crippen LogP contribution in [0, 0.1) is 0 Å². The fourth-order valence-electron chi connectivity index (χ4n) is 6.99. The average molecular weight is 439 g/mol. The van der Waals surface area contributed by atoms with Gasteiger partial charge in [-0.1, -0.05) is 69.2 Å². The lowest BCUT2D eigenvalue weighted by molar-refractivity contribution is 0.286. The Morgan fingerprint density at radius 3 is 2.09 bits per heavy atom. The van der Waals surface area contributed by atoms with Crippen LogP contribution in [0.1, 0.15) is 105 Å². The Balaban J connectivity index is 1.28. The molecule has 3 aliphatic carbocycles. The van der Waals surface area contributed by atoms with Crippen LogP contribution in [0.3, 0.4) is 0 Å². The van der Waals surface area contributed by atoms with Crippen molar-refractivity contribution in [3.05, 3.63) is 63.7 Å². The smallest absolute Gasteiger partial charge is 0.135 e. The molecule has 2 heteroatoms. The summed E-state index contributed by atoms with van der Waals surface area (Å²) in [6.07, 6.45) is 19.7. The van der Waals surface area contributed by atoms with Crippen LogP contribution >= 0.6 is 0 Å². The van der Waals surface area contributed by atoms with E-state index in [9.17, 15) is 0 Å². The highest BCUT2D eigenvalue weighted by atomic mass is 16.5. The maximum Gasteiger partial charge on any atom is 0.135 e. The molecule has 33 heavy (non-hydrogen) atoms. The summed E-state index contributed by atoms with van der Waals surface area (Å²) in [7, 11) is 0. The van der Waals surface area contributed by atoms with Gasteiger partial charge in [-0.3, -0.25) is 0 Å². The zero-order chi connectivity index (χ0) is 21.8. The second kappa shape index (κ2) is 8.08. The molecule has 0 saturated heterocycles. The number of fused-ring (bicyclic) bond motifs is 6. The van der Waals surface area contributed by atoms with Crippen molar-refractivity contribution in [2.24, 2.45) is 0 Å². The lowest BCUT2D eigenvalue weighted by Crippen LogP contribution is -2.32. The van der Waals surface area contributed by atoms with Gasteiger partial charge in [0.25, 0.3) is 0 Å². The van der Waals surface area contributed by atoms with Crippen LogP contribution in [-0.2, 0) is 0 Å². The van der Waals surface area contributed by atoms with E-state index in [1.807, 2.05) is 0 Å². The molecule has 0 spiro atoms. The lowest BCUT2D eigenvalue weighted by Gasteiger charge is -2.21. The number of rotatable bonds is 2. The van der Waals surface area contributed by atoms with Crippen LogP contribution in [0.15, 0.2) is 40.8 Å². The minimum absolute atomic E-state index is 0.0512. The van der Waals surface area contributed by atoms with E-state index < -0.39 is 0 Å². The van der Waals surface area contributed by atoms with Gasteiger partial charge in [0, 0.05) is 28.2 Å². The predicted octanol–water partition coefficient (Wildman–Crippen LogP) is 7.04. The first-order valence-electron chi connectivity index (χ1n) is 13.4. The van der Waals surface area contributed by atoms with E-state index in [0.29, 0.717) is 11.8 Å². The van der Waals surface area contributed by atoms with Crippen LogP contribution in [0.25, 0.3) is 23.1 Å². The van der Waals surface area contributed by atoms with Gasteiger partial charge in [0.05, 0.1) is 0 Å². The highest BCUT2D eigenvalue weighted by Crippen LogP contribution is 2.43. The summed E-state index contributed by atoms with van der Waals surface area (Å²) in [6, 6.07) is 14.0. The fraction of sp³-hybridized carbons (Fsp3) is 0.484. The van der Waals surface area contributed by atoms with E-state index in [2.05, 4.69) is 48.6 Å². The molecule has 170 valence electrons. The van der Waals surface area contributed by atoms with Gasteiger partial charge in [0.2, 0.25) is 0 Å². The first-order valence-corrected chi connectivity index (χ1v) is 13.4. The van der Waals surface area contributed by atoms with Crippen LogP contribution < -0.4 is 15.4 Å². The molecular weight excluding hydrogens is 404 g/mol. The first kappa shape index (κ1) is 19.9. The SMILES string of the molecule is C1=c2oc3ccc(C4CCCCC4)cc3c2=C[C@H]2c3cc(C4CCCCCC4)ccc3OC12. The quantitative estimate of drug-likeness (QED) is 0.401. The van der Waals surface area contributed by atoms with Gasteiger partial charge in [0.1, 0.15) is 22.9 Å². The van der Waals surface area contributed by atoms with Crippen LogP contribution in [-0.4, -0.2) is 6.10 Å². The lowest BCUT2D eigenvalue weighted by atomic mass is 9.83. The third-order valence-electron chi connectivity index (χ3n) is 8.85. The number of hydrogen-bond donors (Lipinski definition) is 0. The molecule has 0 bridgehead atoms. The normalized spacial score (nSPS) is 25.3. The molecule has 0 N–H and O–H groups in total. The summed E-state index contributed by atoms with van der Waals surface area (Å²) in [5.74, 6) is 2.78. The Morgan fingerprint density at radius 2 is 1.33 bits per heavy atom. The molecule has 1 unspecified atom stereocenters. The summed E-state index contributed by atoms with van der Waals surface area (Å²) in [4.78, 5) is 0. The van der Waals surface area contributed by atoms with E-state index in [-0.39, 0.29) is 12.0 Å². The predicted molar refractivity (Wildman–Crippen MR) is 134 cm³/mol. The van der Waals surface area contributed by atoms with Crippen molar-refractivity contribution in [2.75, 3.05) is 0 Å². The van der Waals surface area contributed by atoms with Crippen molar-refractivity contribution in [3.8, 4) is 5.75 Å². The maximum absolute atomic E-state index is 6.40. The summed E-state index contributed by atoms with van der Waals surface area (Å²) >= 11 is 0. The zero-order valence-electron chi connectivity index (χ0n) is 19.5. The molecule has 1 aliphatic heterocycles. The molecule has 2 nitrogen and oxygen atoms in total. The molecule has 2 aromatic carbocycles. The molecule has 2 saturated carbocycles. The summed E-state index contributed by atoms with van der Waals surface area (Å²) in [5.41, 5.74) is 6.40. The second-order valence-corrected chi connectivity index (χ2v) is 10.9. The van der Waals surface area contributed by atoms with Gasteiger partial charge >= 0.3 is 0 Å². The van der Waals surface area contributed by atoms with Crippen molar-refractivity contribution >= 4 is 23.1 Å². The Morgan fingerprint density at radius 1 is 0.667 bits per heavy atom. The molecule has 2 heterocycles. The summed E-state index contributed by atoms with van der Waals surface area (Å²) in [6.45, 7) is 0. The first-order chi connectivity index (χ1) is 16.3. The van der Waals surface area contributed by atoms with E-state index in [0.717, 1.165) is 16.7 Å². The summed E-state index contributed by atoms with van der Waals surface area (Å²) < 4.78 is 12.7. The summed E-state index contributed by atoms with van der Waals surface area (Å²) in [5, 5.41) is 2.57. The highest BCUT2D eigenvalue weighted by molar-refractivity contribution is 5.81. The van der Waals surface area contributed by atoms with Crippen molar-refractivity contribution in [1.82, 2.24) is 0 Å². The van der Waals surface area contributed by atoms with Crippen molar-refractivity contribution in [3.63, 3.8) is 0 Å². The molecule has 1 aromatic heterocycles. The fourth-order valence-corrected chi connectivity index (χ4v) is 6.99. The molecule has 3 aromatic rings. The number of benzene rings is 2. The minimum Gasteiger partial charge on any atom is -0.485 e. The average Bonchev–Trinajstić information content (AvgIpc) is 3.26. The van der Waals surface area contributed by atoms with E-state index in [1.165, 1.54) is 97.9 Å². The Labute approximate surface area is 196 Å². The Kier molecular flexibility index (Phi) is 4.88. The number of hydrogen-bond acceptors (Lipinski definition) is 2. The van der Waals surface area contributed by atoms with Crippen molar-refractivity contribution in [1.29, 1.82) is 0 Å². The minimum atomic E-state index is 0.0512. The van der Waals surface area contributed by atoms with Crippen molar-refractivity contribution < 1.29 is 9.15 Å². The van der Waals surface area contributed by atoms with Gasteiger partial charge in [-0.25, -0.2) is 0 Å². The molecular formula is C31H34O2. The second-order valence-electron chi connectivity index (χ2n) is 10.9. The van der Waals surface area contributed by atoms with Crippen molar-refractivity contribution in [2.45, 2.75) is 94.5 Å². The molecule has 2 atom stereocenters. The van der Waals surface area contributed by atoms with E-state index >= 15 is 0 Å². The molecule has 0 amide bonds. The number of ether oxygens (including phenoxy) is 1. The third kappa shape index (κ3) is 3.45. The zero-order valence-corrected chi connectivity index (χ0v) is 19.5. The molecule has 4 aliphatic rings. The van der Waals surface area contributed by atoms with Crippen LogP contribution in [0.4, 0.5) is 0 Å². The van der Waals surface area contributed by atoms with Gasteiger partial charge in [-0.05, 0) is 66.8 Å². The largest absolute Gasteiger partial charge is 0.485 e. The highest BCUT2D eigenvalue weighted by Gasteiger charge is 2.34. The maximum atomic E-state index is 6.40. The Bertz CT molecular complexity index is 1300. The molecule has 7 rings (SSSR count). The van der Waals surface area contributed by atoms with E-state index in [1.54, 1.807) is 0 Å². The monoisotopic (exact) mass is 438 g/mol. The van der Waals surface area contributed by atoms with Gasteiger partial charge < -0.3 is 9.15 Å². The number of furan rings is 1. The van der Waals surface area contributed by atoms with E-state index in [4.69, 9.17) is 9.15 Å². The van der Waals surface area contributed by atoms with Crippen LogP contribution in [0.5, 0.6) is 5.75 Å².